The maximum atomic E-state index is 11.2. The molecule has 0 heterocycles. The van der Waals surface area contributed by atoms with Gasteiger partial charge in [-0.1, -0.05) is 12.2 Å². The normalized spacial score (nSPS) is 22.3. The van der Waals surface area contributed by atoms with Gasteiger partial charge in [0, 0.05) is 36.8 Å². The van der Waals surface area contributed by atoms with Crippen molar-refractivity contribution in [2.45, 2.75) is 38.5 Å². The van der Waals surface area contributed by atoms with Crippen LogP contribution in [0.1, 0.15) is 49.7 Å². The molecule has 2 atom stereocenters. The molecule has 4 nitrogen and oxygen atoms in total. The third kappa shape index (κ3) is 2.11. The van der Waals surface area contributed by atoms with E-state index >= 15 is 0 Å². The predicted octanol–water partition coefficient (Wildman–Crippen LogP) is 3.07. The van der Waals surface area contributed by atoms with Crippen molar-refractivity contribution in [3.8, 4) is 11.5 Å². The summed E-state index contributed by atoms with van der Waals surface area (Å²) in [6.45, 7) is 2.78. The van der Waals surface area contributed by atoms with Crippen molar-refractivity contribution in [3.05, 3.63) is 35.4 Å². The zero-order valence-electron chi connectivity index (χ0n) is 11.5. The van der Waals surface area contributed by atoms with E-state index in [1.54, 1.807) is 12.1 Å². The number of fused-ring (bicyclic) bond motifs is 1. The van der Waals surface area contributed by atoms with Crippen LogP contribution in [0.3, 0.4) is 0 Å². The average Bonchev–Trinajstić information content (AvgIpc) is 2.41. The Morgan fingerprint density at radius 3 is 1.60 bits per heavy atom. The topological polar surface area (TPSA) is 52.6 Å². The van der Waals surface area contributed by atoms with Crippen LogP contribution in [0.25, 0.3) is 0 Å². The molecule has 4 heteroatoms. The minimum absolute atomic E-state index is 0.236. The molecule has 2 bridgehead atoms. The number of esters is 2. The third-order valence-corrected chi connectivity index (χ3v) is 3.82. The molecule has 1 aromatic carbocycles. The summed E-state index contributed by atoms with van der Waals surface area (Å²) in [5, 5.41) is 0. The van der Waals surface area contributed by atoms with Gasteiger partial charge in [-0.05, 0) is 25.0 Å². The van der Waals surface area contributed by atoms with E-state index in [4.69, 9.17) is 9.47 Å². The summed E-state index contributed by atoms with van der Waals surface area (Å²) >= 11 is 0. The highest BCUT2D eigenvalue weighted by molar-refractivity contribution is 5.73. The summed E-state index contributed by atoms with van der Waals surface area (Å²) in [5.41, 5.74) is 2.00. The van der Waals surface area contributed by atoms with Crippen molar-refractivity contribution in [2.75, 3.05) is 0 Å². The zero-order chi connectivity index (χ0) is 14.3. The lowest BCUT2D eigenvalue weighted by molar-refractivity contribution is -0.133. The molecule has 4 rings (SSSR count). The Kier molecular flexibility index (Phi) is 3.08. The van der Waals surface area contributed by atoms with Crippen molar-refractivity contribution in [1.29, 1.82) is 0 Å². The molecule has 0 unspecified atom stereocenters. The molecule has 3 aliphatic carbocycles. The Hall–Kier alpha value is -2.10. The molecule has 0 radical (unpaired) electrons. The number of allylic oxidation sites excluding steroid dienone is 2. The first-order chi connectivity index (χ1) is 9.56. The fourth-order valence-corrected chi connectivity index (χ4v) is 3.15. The minimum atomic E-state index is -0.335. The number of ether oxygens (including phenoxy) is 2. The lowest BCUT2D eigenvalue weighted by Gasteiger charge is -2.35. The van der Waals surface area contributed by atoms with Crippen molar-refractivity contribution >= 4 is 11.9 Å². The minimum Gasteiger partial charge on any atom is -0.426 e. The molecule has 0 fully saturated rings. The third-order valence-electron chi connectivity index (χ3n) is 3.82. The van der Waals surface area contributed by atoms with E-state index in [0.29, 0.717) is 11.5 Å². The molecule has 0 aromatic heterocycles. The fourth-order valence-electron chi connectivity index (χ4n) is 3.15. The van der Waals surface area contributed by atoms with Crippen LogP contribution in [0.4, 0.5) is 0 Å². The van der Waals surface area contributed by atoms with E-state index in [9.17, 15) is 9.59 Å². The van der Waals surface area contributed by atoms with E-state index in [1.165, 1.54) is 13.8 Å². The highest BCUT2D eigenvalue weighted by Gasteiger charge is 2.34. The Bertz CT molecular complexity index is 562. The SMILES string of the molecule is CC(=O)Oc1ccc(OC(C)=O)c2c1[C@@H]1C=C[C@@H]2CC1. The van der Waals surface area contributed by atoms with E-state index in [-0.39, 0.29) is 23.8 Å². The van der Waals surface area contributed by atoms with Crippen molar-refractivity contribution in [3.63, 3.8) is 0 Å². The van der Waals surface area contributed by atoms with Crippen LogP contribution in [0.2, 0.25) is 0 Å². The van der Waals surface area contributed by atoms with Gasteiger partial charge < -0.3 is 9.47 Å². The summed E-state index contributed by atoms with van der Waals surface area (Å²) in [5.74, 6) is 0.973. The molecule has 1 aromatic rings. The summed E-state index contributed by atoms with van der Waals surface area (Å²) in [7, 11) is 0. The number of hydrogen-bond acceptors (Lipinski definition) is 4. The Balaban J connectivity index is 2.13. The van der Waals surface area contributed by atoms with Gasteiger partial charge in [-0.15, -0.1) is 0 Å². The van der Waals surface area contributed by atoms with Crippen LogP contribution in [0.15, 0.2) is 24.3 Å². The smallest absolute Gasteiger partial charge is 0.308 e. The fraction of sp³-hybridized carbons (Fsp3) is 0.375. The lowest BCUT2D eigenvalue weighted by atomic mass is 9.71. The number of hydrogen-bond donors (Lipinski definition) is 0. The Morgan fingerprint density at radius 2 is 1.30 bits per heavy atom. The average molecular weight is 272 g/mol. The maximum Gasteiger partial charge on any atom is 0.308 e. The summed E-state index contributed by atoms with van der Waals surface area (Å²) in [4.78, 5) is 22.5. The number of rotatable bonds is 2. The second-order valence-corrected chi connectivity index (χ2v) is 5.25. The quantitative estimate of drug-likeness (QED) is 0.471. The second-order valence-electron chi connectivity index (χ2n) is 5.25. The highest BCUT2D eigenvalue weighted by atomic mass is 16.5. The second kappa shape index (κ2) is 4.78. The van der Waals surface area contributed by atoms with Gasteiger partial charge in [-0.2, -0.15) is 0 Å². The predicted molar refractivity (Wildman–Crippen MR) is 72.9 cm³/mol. The van der Waals surface area contributed by atoms with Crippen LogP contribution in [0.5, 0.6) is 11.5 Å². The van der Waals surface area contributed by atoms with Gasteiger partial charge in [0.15, 0.2) is 0 Å². The summed E-state index contributed by atoms with van der Waals surface area (Å²) < 4.78 is 10.6. The highest BCUT2D eigenvalue weighted by Crippen LogP contribution is 2.52. The van der Waals surface area contributed by atoms with Crippen LogP contribution in [-0.4, -0.2) is 11.9 Å². The van der Waals surface area contributed by atoms with Gasteiger partial charge in [0.25, 0.3) is 0 Å². The van der Waals surface area contributed by atoms with Crippen LogP contribution in [-0.2, 0) is 9.59 Å². The number of carbonyl (C=O) groups excluding carboxylic acids is 2. The maximum absolute atomic E-state index is 11.2. The molecule has 0 amide bonds. The van der Waals surface area contributed by atoms with Gasteiger partial charge in [-0.25, -0.2) is 0 Å². The molecular weight excluding hydrogens is 256 g/mol. The molecule has 0 spiro atoms. The van der Waals surface area contributed by atoms with E-state index < -0.39 is 0 Å². The first-order valence-electron chi connectivity index (χ1n) is 6.78. The standard InChI is InChI=1S/C16H16O4/c1-9(17)19-13-7-8-14(20-10(2)18)16-12-5-3-11(4-6-12)15(13)16/h3,5,7-8,11-12H,4,6H2,1-2H3/t11-,12-/m1/s1. The van der Waals surface area contributed by atoms with E-state index in [1.807, 2.05) is 0 Å². The molecule has 0 N–H and O–H groups in total. The molecule has 20 heavy (non-hydrogen) atoms. The molecule has 3 aliphatic rings. The molecular formula is C16H16O4. The van der Waals surface area contributed by atoms with Gasteiger partial charge in [0.2, 0.25) is 0 Å². The first-order valence-corrected chi connectivity index (χ1v) is 6.78. The lowest BCUT2D eigenvalue weighted by Crippen LogP contribution is -2.21. The molecule has 0 aliphatic heterocycles. The summed E-state index contributed by atoms with van der Waals surface area (Å²) in [6, 6.07) is 3.43. The van der Waals surface area contributed by atoms with Gasteiger partial charge in [-0.3, -0.25) is 9.59 Å². The van der Waals surface area contributed by atoms with Gasteiger partial charge in [0.05, 0.1) is 0 Å². The van der Waals surface area contributed by atoms with Crippen LogP contribution >= 0.6 is 0 Å². The van der Waals surface area contributed by atoms with Crippen LogP contribution in [0, 0.1) is 0 Å². The van der Waals surface area contributed by atoms with Gasteiger partial charge >= 0.3 is 11.9 Å². The Morgan fingerprint density at radius 1 is 0.900 bits per heavy atom. The monoisotopic (exact) mass is 272 g/mol. The van der Waals surface area contributed by atoms with Crippen LogP contribution < -0.4 is 9.47 Å². The molecule has 0 saturated heterocycles. The molecule has 104 valence electrons. The zero-order valence-corrected chi connectivity index (χ0v) is 11.5. The van der Waals surface area contributed by atoms with Gasteiger partial charge in [0.1, 0.15) is 11.5 Å². The van der Waals surface area contributed by atoms with Crippen molar-refractivity contribution in [1.82, 2.24) is 0 Å². The van der Waals surface area contributed by atoms with Crippen molar-refractivity contribution in [2.24, 2.45) is 0 Å². The van der Waals surface area contributed by atoms with E-state index in [2.05, 4.69) is 12.2 Å². The number of carbonyl (C=O) groups is 2. The van der Waals surface area contributed by atoms with Crippen molar-refractivity contribution < 1.29 is 19.1 Å². The Labute approximate surface area is 117 Å². The first kappa shape index (κ1) is 12.9. The summed E-state index contributed by atoms with van der Waals surface area (Å²) in [6.07, 6.45) is 6.37. The largest absolute Gasteiger partial charge is 0.426 e. The number of benzene rings is 1. The van der Waals surface area contributed by atoms with E-state index in [0.717, 1.165) is 24.0 Å². The molecule has 0 saturated carbocycles.